The fourth-order valence-corrected chi connectivity index (χ4v) is 4.13. The average molecular weight is 326 g/mol. The molecule has 3 rings (SSSR count). The lowest BCUT2D eigenvalue weighted by Gasteiger charge is -2.48. The van der Waals surface area contributed by atoms with Gasteiger partial charge in [-0.15, -0.1) is 0 Å². The van der Waals surface area contributed by atoms with Crippen molar-refractivity contribution in [2.45, 2.75) is 25.0 Å². The summed E-state index contributed by atoms with van der Waals surface area (Å²) in [7, 11) is -3.10. The van der Waals surface area contributed by atoms with Gasteiger partial charge in [0.25, 0.3) is 0 Å². The third-order valence-electron chi connectivity index (χ3n) is 4.56. The number of nitrogens with zero attached hydrogens (tertiary/aromatic N) is 2. The van der Waals surface area contributed by atoms with Gasteiger partial charge in [-0.25, -0.2) is 8.42 Å². The van der Waals surface area contributed by atoms with Crippen molar-refractivity contribution in [1.29, 1.82) is 0 Å². The average Bonchev–Trinajstić information content (AvgIpc) is 2.86. The summed E-state index contributed by atoms with van der Waals surface area (Å²) in [4.78, 5) is 4.06. The Morgan fingerprint density at radius 2 is 2.32 bits per heavy atom. The van der Waals surface area contributed by atoms with Crippen LogP contribution in [0.2, 0.25) is 0 Å². The fourth-order valence-electron chi connectivity index (χ4n) is 3.23. The van der Waals surface area contributed by atoms with Gasteiger partial charge in [-0.3, -0.25) is 4.98 Å². The molecule has 122 valence electrons. The van der Waals surface area contributed by atoms with E-state index >= 15 is 0 Å². The third kappa shape index (κ3) is 3.32. The Hall–Kier alpha value is -1.02. The molecule has 7 heteroatoms. The second-order valence-corrected chi connectivity index (χ2v) is 8.11. The number of sulfonamides is 1. The second kappa shape index (κ2) is 6.23. The van der Waals surface area contributed by atoms with E-state index in [4.69, 9.17) is 9.47 Å². The number of pyridine rings is 1. The summed E-state index contributed by atoms with van der Waals surface area (Å²) in [6.07, 6.45) is 6.68. The summed E-state index contributed by atoms with van der Waals surface area (Å²) < 4.78 is 36.1. The monoisotopic (exact) mass is 326 g/mol. The zero-order valence-electron chi connectivity index (χ0n) is 12.8. The Labute approximate surface area is 131 Å². The number of rotatable bonds is 6. The van der Waals surface area contributed by atoms with E-state index in [-0.39, 0.29) is 5.60 Å². The zero-order valence-corrected chi connectivity index (χ0v) is 13.6. The van der Waals surface area contributed by atoms with Crippen LogP contribution in [0.25, 0.3) is 0 Å². The molecule has 6 nitrogen and oxygen atoms in total. The SMILES string of the molecule is CS(=O)(=O)N1CC2(C1)OCCC2CCOCc1cccnc1. The largest absolute Gasteiger partial charge is 0.377 e. The molecular formula is C15H22N2O4S. The first-order chi connectivity index (χ1) is 10.5. The fraction of sp³-hybridized carbons (Fsp3) is 0.667. The van der Waals surface area contributed by atoms with Crippen LogP contribution in [0.5, 0.6) is 0 Å². The standard InChI is InChI=1S/C15H22N2O4S/c1-22(18,19)17-11-15(12-17)14(5-8-21-15)4-7-20-10-13-3-2-6-16-9-13/h2-3,6,9,14H,4-5,7-8,10-12H2,1H3. The van der Waals surface area contributed by atoms with Crippen LogP contribution in [0, 0.1) is 5.92 Å². The molecule has 1 aromatic heterocycles. The lowest BCUT2D eigenvalue weighted by Crippen LogP contribution is -2.65. The molecule has 0 amide bonds. The van der Waals surface area contributed by atoms with Crippen LogP contribution in [0.4, 0.5) is 0 Å². The molecule has 1 atom stereocenters. The Kier molecular flexibility index (Phi) is 4.49. The van der Waals surface area contributed by atoms with E-state index in [2.05, 4.69) is 4.98 Å². The van der Waals surface area contributed by atoms with Crippen LogP contribution in [-0.2, 0) is 26.1 Å². The normalized spacial score (nSPS) is 24.5. The molecule has 2 saturated heterocycles. The quantitative estimate of drug-likeness (QED) is 0.731. The summed E-state index contributed by atoms with van der Waals surface area (Å²) in [5, 5.41) is 0. The van der Waals surface area contributed by atoms with Crippen LogP contribution in [0.3, 0.4) is 0 Å². The molecule has 0 radical (unpaired) electrons. The molecule has 0 N–H and O–H groups in total. The summed E-state index contributed by atoms with van der Waals surface area (Å²) in [5.74, 6) is 0.374. The first-order valence-corrected chi connectivity index (χ1v) is 9.40. The Balaban J connectivity index is 1.45. The van der Waals surface area contributed by atoms with Gasteiger partial charge in [-0.05, 0) is 30.4 Å². The second-order valence-electron chi connectivity index (χ2n) is 6.13. The minimum absolute atomic E-state index is 0.277. The van der Waals surface area contributed by atoms with Gasteiger partial charge in [0.15, 0.2) is 0 Å². The number of aromatic nitrogens is 1. The topological polar surface area (TPSA) is 68.7 Å². The molecular weight excluding hydrogens is 304 g/mol. The number of hydrogen-bond acceptors (Lipinski definition) is 5. The lowest BCUT2D eigenvalue weighted by atomic mass is 9.80. The summed E-state index contributed by atoms with van der Waals surface area (Å²) in [6.45, 7) is 2.90. The lowest BCUT2D eigenvalue weighted by molar-refractivity contribution is -0.105. The van der Waals surface area contributed by atoms with Gasteiger partial charge in [-0.2, -0.15) is 4.31 Å². The zero-order chi connectivity index (χ0) is 15.6. The van der Waals surface area contributed by atoms with E-state index < -0.39 is 10.0 Å². The van der Waals surface area contributed by atoms with Crippen molar-refractivity contribution in [3.8, 4) is 0 Å². The van der Waals surface area contributed by atoms with Gasteiger partial charge in [0.1, 0.15) is 0 Å². The van der Waals surface area contributed by atoms with Crippen LogP contribution in [0.1, 0.15) is 18.4 Å². The van der Waals surface area contributed by atoms with Crippen LogP contribution < -0.4 is 0 Å². The highest BCUT2D eigenvalue weighted by Crippen LogP contribution is 2.42. The molecule has 22 heavy (non-hydrogen) atoms. The van der Waals surface area contributed by atoms with Gasteiger partial charge in [-0.1, -0.05) is 6.07 Å². The predicted octanol–water partition coefficient (Wildman–Crippen LogP) is 1.04. The van der Waals surface area contributed by atoms with Gasteiger partial charge in [0.05, 0.1) is 18.5 Å². The van der Waals surface area contributed by atoms with Gasteiger partial charge in [0.2, 0.25) is 10.0 Å². The van der Waals surface area contributed by atoms with Crippen molar-refractivity contribution in [2.75, 3.05) is 32.6 Å². The van der Waals surface area contributed by atoms with Crippen molar-refractivity contribution in [1.82, 2.24) is 9.29 Å². The van der Waals surface area contributed by atoms with E-state index in [0.717, 1.165) is 18.4 Å². The van der Waals surface area contributed by atoms with Crippen LogP contribution in [-0.4, -0.2) is 55.9 Å². The Bertz CT molecular complexity index is 599. The Morgan fingerprint density at radius 1 is 1.50 bits per heavy atom. The molecule has 0 saturated carbocycles. The molecule has 0 aliphatic carbocycles. The van der Waals surface area contributed by atoms with Crippen molar-refractivity contribution < 1.29 is 17.9 Å². The highest BCUT2D eigenvalue weighted by Gasteiger charge is 2.55. The van der Waals surface area contributed by atoms with Gasteiger partial charge >= 0.3 is 0 Å². The highest BCUT2D eigenvalue weighted by atomic mass is 32.2. The van der Waals surface area contributed by atoms with E-state index in [1.807, 2.05) is 12.1 Å². The van der Waals surface area contributed by atoms with Crippen LogP contribution in [0.15, 0.2) is 24.5 Å². The molecule has 1 aromatic rings. The Morgan fingerprint density at radius 3 is 3.00 bits per heavy atom. The minimum atomic E-state index is -3.10. The van der Waals surface area contributed by atoms with Crippen molar-refractivity contribution in [2.24, 2.45) is 5.92 Å². The van der Waals surface area contributed by atoms with Crippen LogP contribution >= 0.6 is 0 Å². The molecule has 0 bridgehead atoms. The molecule has 1 spiro atoms. The molecule has 2 fully saturated rings. The smallest absolute Gasteiger partial charge is 0.211 e. The molecule has 0 aromatic carbocycles. The van der Waals surface area contributed by atoms with Crippen molar-refractivity contribution in [3.63, 3.8) is 0 Å². The minimum Gasteiger partial charge on any atom is -0.377 e. The summed E-state index contributed by atoms with van der Waals surface area (Å²) in [5.41, 5.74) is 0.785. The maximum absolute atomic E-state index is 11.5. The van der Waals surface area contributed by atoms with Gasteiger partial charge in [0, 0.05) is 38.7 Å². The van der Waals surface area contributed by atoms with E-state index in [9.17, 15) is 8.42 Å². The predicted molar refractivity (Wildman–Crippen MR) is 81.7 cm³/mol. The highest BCUT2D eigenvalue weighted by molar-refractivity contribution is 7.88. The molecule has 2 aliphatic heterocycles. The maximum atomic E-state index is 11.5. The maximum Gasteiger partial charge on any atom is 0.211 e. The van der Waals surface area contributed by atoms with E-state index in [1.165, 1.54) is 10.6 Å². The van der Waals surface area contributed by atoms with Crippen molar-refractivity contribution in [3.05, 3.63) is 30.1 Å². The summed E-state index contributed by atoms with van der Waals surface area (Å²) >= 11 is 0. The summed E-state index contributed by atoms with van der Waals surface area (Å²) in [6, 6.07) is 3.88. The van der Waals surface area contributed by atoms with Gasteiger partial charge < -0.3 is 9.47 Å². The molecule has 3 heterocycles. The molecule has 1 unspecified atom stereocenters. The molecule has 2 aliphatic rings. The van der Waals surface area contributed by atoms with E-state index in [1.54, 1.807) is 12.4 Å². The number of hydrogen-bond donors (Lipinski definition) is 0. The number of ether oxygens (including phenoxy) is 2. The first-order valence-electron chi connectivity index (χ1n) is 7.55. The van der Waals surface area contributed by atoms with E-state index in [0.29, 0.717) is 38.8 Å². The first kappa shape index (κ1) is 15.9. The third-order valence-corrected chi connectivity index (χ3v) is 5.76. The van der Waals surface area contributed by atoms with Crippen molar-refractivity contribution >= 4 is 10.0 Å².